The molecular weight excluding hydrogens is 160 g/mol. The molecule has 13 heavy (non-hydrogen) atoms. The van der Waals surface area contributed by atoms with Gasteiger partial charge in [0.1, 0.15) is 5.82 Å². The molecule has 1 rings (SSSR count). The van der Waals surface area contributed by atoms with E-state index in [1.54, 1.807) is 0 Å². The fourth-order valence-corrected chi connectivity index (χ4v) is 1.11. The van der Waals surface area contributed by atoms with Crippen LogP contribution in [0.25, 0.3) is 0 Å². The summed E-state index contributed by atoms with van der Waals surface area (Å²) in [6.45, 7) is 5.97. The average Bonchev–Trinajstić information content (AvgIpc) is 2.09. The molecule has 0 amide bonds. The third-order valence-corrected chi connectivity index (χ3v) is 1.82. The lowest BCUT2D eigenvalue weighted by atomic mass is 10.2. The number of anilines is 1. The summed E-state index contributed by atoms with van der Waals surface area (Å²) >= 11 is 0. The lowest BCUT2D eigenvalue weighted by molar-refractivity contribution is 1.00. The fraction of sp³-hybridized carbons (Fsp3) is 0.364. The minimum absolute atomic E-state index is 0.0221. The number of pyridine rings is 1. The maximum Gasteiger partial charge on any atom is 0.129 e. The van der Waals surface area contributed by atoms with Gasteiger partial charge in [-0.1, -0.05) is 12.0 Å². The zero-order valence-corrected chi connectivity index (χ0v) is 8.26. The number of terminal acetylenes is 1. The molecule has 0 saturated carbocycles. The van der Waals surface area contributed by atoms with E-state index in [1.165, 1.54) is 0 Å². The summed E-state index contributed by atoms with van der Waals surface area (Å²) in [4.78, 5) is 4.26. The van der Waals surface area contributed by atoms with Crippen LogP contribution in [-0.2, 0) is 0 Å². The molecule has 0 spiro atoms. The normalized spacial score (nSPS) is 11.8. The highest BCUT2D eigenvalue weighted by molar-refractivity contribution is 5.46. The maximum absolute atomic E-state index is 5.26. The number of rotatable bonds is 2. The van der Waals surface area contributed by atoms with E-state index >= 15 is 0 Å². The highest BCUT2D eigenvalue weighted by atomic mass is 15.0. The predicted molar refractivity (Wildman–Crippen MR) is 55.6 cm³/mol. The van der Waals surface area contributed by atoms with Gasteiger partial charge in [0.05, 0.1) is 6.04 Å². The van der Waals surface area contributed by atoms with Gasteiger partial charge in [-0.3, -0.25) is 0 Å². The topological polar surface area (TPSA) is 24.9 Å². The van der Waals surface area contributed by atoms with E-state index in [0.717, 1.165) is 16.9 Å². The Morgan fingerprint density at radius 2 is 2.23 bits per heavy atom. The quantitative estimate of drug-likeness (QED) is 0.695. The van der Waals surface area contributed by atoms with Gasteiger partial charge in [0.25, 0.3) is 0 Å². The van der Waals surface area contributed by atoms with Crippen molar-refractivity contribution in [3.63, 3.8) is 0 Å². The standard InChI is InChI=1S/C11H14N2/c1-5-10(4)13-11-9(3)6-8(2)7-12-11/h1,6-7,10H,2-4H3,(H,12,13). The smallest absolute Gasteiger partial charge is 0.129 e. The Morgan fingerprint density at radius 3 is 2.77 bits per heavy atom. The molecule has 0 fully saturated rings. The molecule has 1 heterocycles. The van der Waals surface area contributed by atoms with E-state index in [0.29, 0.717) is 0 Å². The molecule has 0 aromatic carbocycles. The van der Waals surface area contributed by atoms with Gasteiger partial charge in [-0.15, -0.1) is 6.42 Å². The van der Waals surface area contributed by atoms with E-state index in [-0.39, 0.29) is 6.04 Å². The van der Waals surface area contributed by atoms with Crippen molar-refractivity contribution < 1.29 is 0 Å². The molecule has 1 aromatic heterocycles. The summed E-state index contributed by atoms with van der Waals surface area (Å²) in [7, 11) is 0. The SMILES string of the molecule is C#CC(C)Nc1ncc(C)cc1C. The van der Waals surface area contributed by atoms with Crippen LogP contribution in [0, 0.1) is 26.2 Å². The summed E-state index contributed by atoms with van der Waals surface area (Å²) in [5.41, 5.74) is 2.29. The second-order valence-electron chi connectivity index (χ2n) is 3.21. The Labute approximate surface area is 79.4 Å². The summed E-state index contributed by atoms with van der Waals surface area (Å²) in [5, 5.41) is 3.14. The molecule has 0 radical (unpaired) electrons. The van der Waals surface area contributed by atoms with Gasteiger partial charge in [-0.05, 0) is 31.9 Å². The number of hydrogen-bond acceptors (Lipinski definition) is 2. The molecule has 0 aliphatic carbocycles. The summed E-state index contributed by atoms with van der Waals surface area (Å²) in [6, 6.07) is 2.10. The number of aromatic nitrogens is 1. The van der Waals surface area contributed by atoms with Crippen LogP contribution < -0.4 is 5.32 Å². The van der Waals surface area contributed by atoms with E-state index in [4.69, 9.17) is 6.42 Å². The molecule has 1 aromatic rings. The first-order valence-corrected chi connectivity index (χ1v) is 4.29. The molecule has 68 valence electrons. The number of hydrogen-bond donors (Lipinski definition) is 1. The van der Waals surface area contributed by atoms with Crippen LogP contribution in [0.15, 0.2) is 12.3 Å². The van der Waals surface area contributed by atoms with E-state index < -0.39 is 0 Å². The highest BCUT2D eigenvalue weighted by Gasteiger charge is 2.01. The zero-order chi connectivity index (χ0) is 9.84. The Morgan fingerprint density at radius 1 is 1.54 bits per heavy atom. The van der Waals surface area contributed by atoms with Gasteiger partial charge in [0.15, 0.2) is 0 Å². The van der Waals surface area contributed by atoms with Gasteiger partial charge in [0, 0.05) is 6.20 Å². The maximum atomic E-state index is 5.26. The van der Waals surface area contributed by atoms with Crippen LogP contribution in [0.4, 0.5) is 5.82 Å². The highest BCUT2D eigenvalue weighted by Crippen LogP contribution is 2.12. The number of nitrogens with zero attached hydrogens (tertiary/aromatic N) is 1. The summed E-state index contributed by atoms with van der Waals surface area (Å²) in [5.74, 6) is 3.48. The van der Waals surface area contributed by atoms with Crippen LogP contribution >= 0.6 is 0 Å². The Balaban J connectivity index is 2.85. The first kappa shape index (κ1) is 9.60. The van der Waals surface area contributed by atoms with Crippen LogP contribution in [0.1, 0.15) is 18.1 Å². The second kappa shape index (κ2) is 3.95. The van der Waals surface area contributed by atoms with Crippen molar-refractivity contribution in [3.05, 3.63) is 23.4 Å². The monoisotopic (exact) mass is 174 g/mol. The lowest BCUT2D eigenvalue weighted by Crippen LogP contribution is -2.14. The molecule has 2 heteroatoms. The van der Waals surface area contributed by atoms with Crippen LogP contribution in [0.3, 0.4) is 0 Å². The van der Waals surface area contributed by atoms with E-state index in [1.807, 2.05) is 27.0 Å². The molecule has 1 unspecified atom stereocenters. The lowest BCUT2D eigenvalue weighted by Gasteiger charge is -2.10. The largest absolute Gasteiger partial charge is 0.357 e. The number of nitrogens with one attached hydrogen (secondary N) is 1. The first-order valence-electron chi connectivity index (χ1n) is 4.29. The van der Waals surface area contributed by atoms with E-state index in [2.05, 4.69) is 22.3 Å². The third kappa shape index (κ3) is 2.48. The van der Waals surface area contributed by atoms with Crippen molar-refractivity contribution in [1.82, 2.24) is 4.98 Å². The molecule has 0 aliphatic rings. The van der Waals surface area contributed by atoms with Crippen LogP contribution in [0.5, 0.6) is 0 Å². The minimum atomic E-state index is 0.0221. The minimum Gasteiger partial charge on any atom is -0.357 e. The molecule has 0 aliphatic heterocycles. The number of aryl methyl sites for hydroxylation is 2. The molecule has 0 saturated heterocycles. The van der Waals surface area contributed by atoms with Crippen molar-refractivity contribution in [3.8, 4) is 12.3 Å². The van der Waals surface area contributed by atoms with E-state index in [9.17, 15) is 0 Å². The van der Waals surface area contributed by atoms with Crippen molar-refractivity contribution in [2.75, 3.05) is 5.32 Å². The Bertz CT molecular complexity index is 336. The van der Waals surface area contributed by atoms with Crippen molar-refractivity contribution in [1.29, 1.82) is 0 Å². The van der Waals surface area contributed by atoms with Crippen molar-refractivity contribution >= 4 is 5.82 Å². The van der Waals surface area contributed by atoms with Crippen LogP contribution in [-0.4, -0.2) is 11.0 Å². The zero-order valence-electron chi connectivity index (χ0n) is 8.26. The Hall–Kier alpha value is -1.49. The van der Waals surface area contributed by atoms with Crippen LogP contribution in [0.2, 0.25) is 0 Å². The molecule has 1 atom stereocenters. The van der Waals surface area contributed by atoms with Gasteiger partial charge in [-0.2, -0.15) is 0 Å². The molecule has 0 bridgehead atoms. The summed E-state index contributed by atoms with van der Waals surface area (Å²) in [6.07, 6.45) is 7.09. The van der Waals surface area contributed by atoms with Gasteiger partial charge >= 0.3 is 0 Å². The van der Waals surface area contributed by atoms with Gasteiger partial charge < -0.3 is 5.32 Å². The second-order valence-corrected chi connectivity index (χ2v) is 3.21. The fourth-order valence-electron chi connectivity index (χ4n) is 1.11. The van der Waals surface area contributed by atoms with Gasteiger partial charge in [-0.25, -0.2) is 4.98 Å². The molecule has 2 nitrogen and oxygen atoms in total. The van der Waals surface area contributed by atoms with Gasteiger partial charge in [0.2, 0.25) is 0 Å². The first-order chi connectivity index (χ1) is 6.13. The summed E-state index contributed by atoms with van der Waals surface area (Å²) < 4.78 is 0. The average molecular weight is 174 g/mol. The van der Waals surface area contributed by atoms with Crippen molar-refractivity contribution in [2.24, 2.45) is 0 Å². The molecule has 1 N–H and O–H groups in total. The van der Waals surface area contributed by atoms with Crippen molar-refractivity contribution in [2.45, 2.75) is 26.8 Å². The predicted octanol–water partition coefficient (Wildman–Crippen LogP) is 2.13. The Kier molecular flexibility index (Phi) is 2.92. The third-order valence-electron chi connectivity index (χ3n) is 1.82. The molecular formula is C11H14N2.